The number of nitrogens with zero attached hydrogens (tertiary/aromatic N) is 1. The molecule has 0 aromatic heterocycles. The molecule has 0 aliphatic carbocycles. The van der Waals surface area contributed by atoms with Crippen molar-refractivity contribution in [1.82, 2.24) is 10.2 Å². The van der Waals surface area contributed by atoms with Crippen molar-refractivity contribution >= 4 is 17.7 Å². The van der Waals surface area contributed by atoms with Gasteiger partial charge in [-0.2, -0.15) is 11.8 Å². The van der Waals surface area contributed by atoms with Crippen molar-refractivity contribution in [1.29, 1.82) is 0 Å². The van der Waals surface area contributed by atoms with Gasteiger partial charge in [0.05, 0.1) is 5.75 Å². The molecule has 0 unspecified atom stereocenters. The summed E-state index contributed by atoms with van der Waals surface area (Å²) < 4.78 is 0. The molecular formula is C12H27N3OS. The van der Waals surface area contributed by atoms with Gasteiger partial charge >= 0.3 is 0 Å². The highest BCUT2D eigenvalue weighted by molar-refractivity contribution is 7.99. The minimum Gasteiger partial charge on any atom is -0.349 e. The normalized spacial score (nSPS) is 11.9. The van der Waals surface area contributed by atoms with Crippen LogP contribution in [0.15, 0.2) is 0 Å². The van der Waals surface area contributed by atoms with E-state index >= 15 is 0 Å². The smallest absolute Gasteiger partial charge is 0.230 e. The van der Waals surface area contributed by atoms with Gasteiger partial charge in [-0.15, -0.1) is 0 Å². The van der Waals surface area contributed by atoms with Gasteiger partial charge in [0.15, 0.2) is 0 Å². The topological polar surface area (TPSA) is 58.4 Å². The SMILES string of the molecule is CCN(CC)CCSCC(=O)NC(C)(C)CN. The molecule has 0 heterocycles. The van der Waals surface area contributed by atoms with E-state index in [1.165, 1.54) is 0 Å². The fraction of sp³-hybridized carbons (Fsp3) is 0.917. The largest absolute Gasteiger partial charge is 0.349 e. The molecule has 0 aromatic carbocycles. The molecule has 4 nitrogen and oxygen atoms in total. The zero-order valence-electron chi connectivity index (χ0n) is 11.6. The van der Waals surface area contributed by atoms with E-state index in [-0.39, 0.29) is 11.4 Å². The molecule has 5 heteroatoms. The second kappa shape index (κ2) is 8.78. The molecule has 0 saturated carbocycles. The lowest BCUT2D eigenvalue weighted by Gasteiger charge is -2.24. The molecule has 0 rings (SSSR count). The third-order valence-corrected chi connectivity index (χ3v) is 3.61. The lowest BCUT2D eigenvalue weighted by Crippen LogP contribution is -2.49. The number of carbonyl (C=O) groups excluding carboxylic acids is 1. The van der Waals surface area contributed by atoms with Gasteiger partial charge in [0.2, 0.25) is 5.91 Å². The lowest BCUT2D eigenvalue weighted by atomic mass is 10.1. The highest BCUT2D eigenvalue weighted by Crippen LogP contribution is 2.03. The molecule has 1 amide bonds. The van der Waals surface area contributed by atoms with Crippen molar-refractivity contribution < 1.29 is 4.79 Å². The fourth-order valence-electron chi connectivity index (χ4n) is 1.36. The van der Waals surface area contributed by atoms with E-state index in [1.54, 1.807) is 11.8 Å². The monoisotopic (exact) mass is 261 g/mol. The van der Waals surface area contributed by atoms with Crippen LogP contribution in [-0.4, -0.2) is 54.0 Å². The second-order valence-electron chi connectivity index (χ2n) is 4.72. The van der Waals surface area contributed by atoms with Crippen LogP contribution in [0, 0.1) is 0 Å². The van der Waals surface area contributed by atoms with Crippen molar-refractivity contribution in [2.45, 2.75) is 33.2 Å². The van der Waals surface area contributed by atoms with Gasteiger partial charge in [0.25, 0.3) is 0 Å². The molecule has 0 spiro atoms. The van der Waals surface area contributed by atoms with Gasteiger partial charge in [-0.25, -0.2) is 0 Å². The van der Waals surface area contributed by atoms with Crippen LogP contribution in [0.1, 0.15) is 27.7 Å². The predicted molar refractivity (Wildman–Crippen MR) is 76.4 cm³/mol. The van der Waals surface area contributed by atoms with Crippen molar-refractivity contribution in [3.8, 4) is 0 Å². The van der Waals surface area contributed by atoms with E-state index in [0.717, 1.165) is 25.4 Å². The Morgan fingerprint density at radius 1 is 1.35 bits per heavy atom. The first-order valence-corrected chi connectivity index (χ1v) is 7.41. The summed E-state index contributed by atoms with van der Waals surface area (Å²) >= 11 is 1.68. The fourth-order valence-corrected chi connectivity index (χ4v) is 2.15. The molecule has 0 aliphatic heterocycles. The zero-order chi connectivity index (χ0) is 13.3. The Bertz CT molecular complexity index is 218. The maximum Gasteiger partial charge on any atom is 0.230 e. The summed E-state index contributed by atoms with van der Waals surface area (Å²) in [4.78, 5) is 14.0. The third-order valence-electron chi connectivity index (χ3n) is 2.67. The van der Waals surface area contributed by atoms with Crippen LogP contribution in [0.5, 0.6) is 0 Å². The van der Waals surface area contributed by atoms with E-state index in [2.05, 4.69) is 24.1 Å². The molecule has 0 bridgehead atoms. The molecule has 0 aliphatic rings. The van der Waals surface area contributed by atoms with Gasteiger partial charge < -0.3 is 16.0 Å². The number of hydrogen-bond acceptors (Lipinski definition) is 4. The van der Waals surface area contributed by atoms with Crippen LogP contribution >= 0.6 is 11.8 Å². The van der Waals surface area contributed by atoms with Crippen LogP contribution in [0.4, 0.5) is 0 Å². The zero-order valence-corrected chi connectivity index (χ0v) is 12.4. The number of carbonyl (C=O) groups is 1. The minimum atomic E-state index is -0.295. The van der Waals surface area contributed by atoms with Crippen LogP contribution < -0.4 is 11.1 Å². The number of nitrogens with two attached hydrogens (primary N) is 1. The first-order valence-electron chi connectivity index (χ1n) is 6.26. The van der Waals surface area contributed by atoms with E-state index in [1.807, 2.05) is 13.8 Å². The van der Waals surface area contributed by atoms with E-state index in [9.17, 15) is 4.79 Å². The molecule has 102 valence electrons. The first-order chi connectivity index (χ1) is 7.95. The number of nitrogens with one attached hydrogen (secondary N) is 1. The summed E-state index contributed by atoms with van der Waals surface area (Å²) in [6, 6.07) is 0. The molecule has 17 heavy (non-hydrogen) atoms. The van der Waals surface area contributed by atoms with Gasteiger partial charge in [-0.05, 0) is 26.9 Å². The number of thioether (sulfide) groups is 1. The third kappa shape index (κ3) is 8.46. The van der Waals surface area contributed by atoms with Crippen molar-refractivity contribution in [2.75, 3.05) is 37.7 Å². The Morgan fingerprint density at radius 2 is 1.94 bits per heavy atom. The van der Waals surface area contributed by atoms with Gasteiger partial charge in [-0.3, -0.25) is 4.79 Å². The Hall–Kier alpha value is -0.260. The van der Waals surface area contributed by atoms with E-state index in [0.29, 0.717) is 12.3 Å². The van der Waals surface area contributed by atoms with Gasteiger partial charge in [-0.1, -0.05) is 13.8 Å². The summed E-state index contributed by atoms with van der Waals surface area (Å²) in [5.41, 5.74) is 5.26. The summed E-state index contributed by atoms with van der Waals surface area (Å²) in [6.45, 7) is 11.8. The average molecular weight is 261 g/mol. The standard InChI is InChI=1S/C12H27N3OS/c1-5-15(6-2)7-8-17-9-11(16)14-12(3,4)10-13/h5-10,13H2,1-4H3,(H,14,16). The molecule has 0 aromatic rings. The summed E-state index contributed by atoms with van der Waals surface area (Å²) in [7, 11) is 0. The van der Waals surface area contributed by atoms with Crippen molar-refractivity contribution in [3.63, 3.8) is 0 Å². The molecular weight excluding hydrogens is 234 g/mol. The first kappa shape index (κ1) is 16.7. The van der Waals surface area contributed by atoms with Gasteiger partial charge in [0.1, 0.15) is 0 Å². The maximum absolute atomic E-state index is 11.6. The van der Waals surface area contributed by atoms with Crippen LogP contribution in [0.25, 0.3) is 0 Å². The van der Waals surface area contributed by atoms with Crippen LogP contribution in [0.3, 0.4) is 0 Å². The van der Waals surface area contributed by atoms with Gasteiger partial charge in [0, 0.05) is 24.4 Å². The number of rotatable bonds is 9. The Morgan fingerprint density at radius 3 is 2.41 bits per heavy atom. The molecule has 0 saturated heterocycles. The van der Waals surface area contributed by atoms with Crippen LogP contribution in [-0.2, 0) is 4.79 Å². The summed E-state index contributed by atoms with van der Waals surface area (Å²) in [5, 5.41) is 2.92. The van der Waals surface area contributed by atoms with Crippen molar-refractivity contribution in [2.24, 2.45) is 5.73 Å². The lowest BCUT2D eigenvalue weighted by molar-refractivity contribution is -0.120. The van der Waals surface area contributed by atoms with Crippen molar-refractivity contribution in [3.05, 3.63) is 0 Å². The van der Waals surface area contributed by atoms with Crippen LogP contribution in [0.2, 0.25) is 0 Å². The minimum absolute atomic E-state index is 0.0741. The maximum atomic E-state index is 11.6. The Labute approximate surface area is 110 Å². The summed E-state index contributed by atoms with van der Waals surface area (Å²) in [5.74, 6) is 1.59. The second-order valence-corrected chi connectivity index (χ2v) is 5.82. The molecule has 0 atom stereocenters. The highest BCUT2D eigenvalue weighted by Gasteiger charge is 2.17. The summed E-state index contributed by atoms with van der Waals surface area (Å²) in [6.07, 6.45) is 0. The van der Waals surface area contributed by atoms with E-state index in [4.69, 9.17) is 5.73 Å². The van der Waals surface area contributed by atoms with E-state index < -0.39 is 0 Å². The number of hydrogen-bond donors (Lipinski definition) is 2. The predicted octanol–water partition coefficient (Wildman–Crippen LogP) is 0.915. The molecule has 0 fully saturated rings. The quantitative estimate of drug-likeness (QED) is 0.606. The Balaban J connectivity index is 3.65. The average Bonchev–Trinajstić information content (AvgIpc) is 2.29. The molecule has 3 N–H and O–H groups in total. The highest BCUT2D eigenvalue weighted by atomic mass is 32.2. The molecule has 0 radical (unpaired) electrons. The Kier molecular flexibility index (Phi) is 8.64. The number of amides is 1.